The van der Waals surface area contributed by atoms with E-state index in [9.17, 15) is 10.1 Å². The van der Waals surface area contributed by atoms with Crippen LogP contribution in [0.15, 0.2) is 12.1 Å². The highest BCUT2D eigenvalue weighted by Crippen LogP contribution is 2.35. The lowest BCUT2D eigenvalue weighted by molar-refractivity contribution is -0.384. The molecule has 0 aromatic heterocycles. The summed E-state index contributed by atoms with van der Waals surface area (Å²) in [5, 5.41) is 15.0. The van der Waals surface area contributed by atoms with E-state index in [2.05, 4.69) is 10.2 Å². The standard InChI is InChI=1S/C16H21Cl2N3O3/c17-13-9-15(16(21(22)23)10-14(13)18)19-11-1-5-20(6-2-11)12-3-7-24-8-4-12/h9-12,19H,1-8H2. The van der Waals surface area contributed by atoms with Gasteiger partial charge in [0.15, 0.2) is 0 Å². The van der Waals surface area contributed by atoms with Gasteiger partial charge in [0.25, 0.3) is 5.69 Å². The fraction of sp³-hybridized carbons (Fsp3) is 0.625. The summed E-state index contributed by atoms with van der Waals surface area (Å²) in [6, 6.07) is 3.67. The van der Waals surface area contributed by atoms with E-state index in [0.717, 1.165) is 52.0 Å². The van der Waals surface area contributed by atoms with Crippen molar-refractivity contribution < 1.29 is 9.66 Å². The first-order chi connectivity index (χ1) is 11.5. The van der Waals surface area contributed by atoms with E-state index in [-0.39, 0.29) is 16.8 Å². The Morgan fingerprint density at radius 1 is 1.12 bits per heavy atom. The maximum atomic E-state index is 11.2. The highest BCUT2D eigenvalue weighted by molar-refractivity contribution is 6.42. The van der Waals surface area contributed by atoms with Crippen LogP contribution in [0, 0.1) is 10.1 Å². The number of benzene rings is 1. The summed E-state index contributed by atoms with van der Waals surface area (Å²) in [7, 11) is 0. The number of hydrogen-bond acceptors (Lipinski definition) is 5. The van der Waals surface area contributed by atoms with Gasteiger partial charge in [-0.25, -0.2) is 0 Å². The summed E-state index contributed by atoms with van der Waals surface area (Å²) in [5.74, 6) is 0. The van der Waals surface area contributed by atoms with Crippen LogP contribution < -0.4 is 5.32 Å². The lowest BCUT2D eigenvalue weighted by Gasteiger charge is -2.39. The minimum absolute atomic E-state index is 0.0312. The molecule has 0 aliphatic carbocycles. The molecular formula is C16H21Cl2N3O3. The largest absolute Gasteiger partial charge is 0.381 e. The lowest BCUT2D eigenvalue weighted by atomic mass is 9.99. The first kappa shape index (κ1) is 17.7. The molecule has 1 aromatic rings. The first-order valence-corrected chi connectivity index (χ1v) is 9.02. The van der Waals surface area contributed by atoms with Crippen molar-refractivity contribution in [2.24, 2.45) is 0 Å². The number of halogens is 2. The van der Waals surface area contributed by atoms with E-state index in [1.54, 1.807) is 6.07 Å². The molecule has 8 heteroatoms. The summed E-state index contributed by atoms with van der Waals surface area (Å²) in [6.07, 6.45) is 4.09. The fourth-order valence-electron chi connectivity index (χ4n) is 3.48. The molecule has 0 amide bonds. The third-order valence-electron chi connectivity index (χ3n) is 4.83. The number of nitro groups is 1. The van der Waals surface area contributed by atoms with Gasteiger partial charge in [-0.1, -0.05) is 23.2 Å². The Hall–Kier alpha value is -1.08. The molecule has 0 saturated carbocycles. The SMILES string of the molecule is O=[N+]([O-])c1cc(Cl)c(Cl)cc1NC1CCN(C2CCOCC2)CC1. The molecule has 0 spiro atoms. The van der Waals surface area contributed by atoms with Gasteiger partial charge in [-0.2, -0.15) is 0 Å². The molecule has 2 fully saturated rings. The predicted octanol–water partition coefficient (Wildman–Crippen LogP) is 3.96. The zero-order valence-electron chi connectivity index (χ0n) is 13.3. The van der Waals surface area contributed by atoms with Crippen molar-refractivity contribution in [1.82, 2.24) is 4.90 Å². The van der Waals surface area contributed by atoms with Gasteiger partial charge in [-0.05, 0) is 31.7 Å². The van der Waals surface area contributed by atoms with Crippen LogP contribution in [0.4, 0.5) is 11.4 Å². The smallest absolute Gasteiger partial charge is 0.293 e. The highest BCUT2D eigenvalue weighted by Gasteiger charge is 2.27. The monoisotopic (exact) mass is 373 g/mol. The van der Waals surface area contributed by atoms with Crippen LogP contribution in [0.2, 0.25) is 10.0 Å². The van der Waals surface area contributed by atoms with Crippen LogP contribution in [0.3, 0.4) is 0 Å². The third kappa shape index (κ3) is 4.11. The Morgan fingerprint density at radius 3 is 2.38 bits per heavy atom. The van der Waals surface area contributed by atoms with Crippen molar-refractivity contribution in [3.8, 4) is 0 Å². The van der Waals surface area contributed by atoms with Crippen molar-refractivity contribution in [2.75, 3.05) is 31.6 Å². The van der Waals surface area contributed by atoms with Crippen LogP contribution in [-0.2, 0) is 4.74 Å². The summed E-state index contributed by atoms with van der Waals surface area (Å²) < 4.78 is 5.42. The number of likely N-dealkylation sites (tertiary alicyclic amines) is 1. The molecule has 1 N–H and O–H groups in total. The van der Waals surface area contributed by atoms with Crippen LogP contribution in [0.1, 0.15) is 25.7 Å². The Labute approximate surface area is 151 Å². The van der Waals surface area contributed by atoms with Gasteiger partial charge in [0.1, 0.15) is 5.69 Å². The second-order valence-corrected chi connectivity index (χ2v) is 7.15. The number of hydrogen-bond donors (Lipinski definition) is 1. The van der Waals surface area contributed by atoms with Gasteiger partial charge in [0.2, 0.25) is 0 Å². The third-order valence-corrected chi connectivity index (χ3v) is 5.55. The van der Waals surface area contributed by atoms with E-state index in [0.29, 0.717) is 16.8 Å². The maximum Gasteiger partial charge on any atom is 0.293 e. The second-order valence-electron chi connectivity index (χ2n) is 6.34. The molecule has 3 rings (SSSR count). The van der Waals surface area contributed by atoms with Crippen LogP contribution >= 0.6 is 23.2 Å². The van der Waals surface area contributed by atoms with Gasteiger partial charge in [-0.3, -0.25) is 10.1 Å². The molecule has 1 aromatic carbocycles. The Balaban J connectivity index is 1.61. The molecule has 2 aliphatic heterocycles. The van der Waals surface area contributed by atoms with Crippen molar-refractivity contribution in [3.63, 3.8) is 0 Å². The van der Waals surface area contributed by atoms with Gasteiger partial charge < -0.3 is 15.0 Å². The number of rotatable bonds is 4. The highest BCUT2D eigenvalue weighted by atomic mass is 35.5. The molecular weight excluding hydrogens is 353 g/mol. The molecule has 24 heavy (non-hydrogen) atoms. The number of piperidine rings is 1. The summed E-state index contributed by atoms with van der Waals surface area (Å²) in [6.45, 7) is 3.69. The van der Waals surface area contributed by atoms with E-state index in [1.807, 2.05) is 0 Å². The van der Waals surface area contributed by atoms with Gasteiger partial charge >= 0.3 is 0 Å². The Morgan fingerprint density at radius 2 is 1.75 bits per heavy atom. The molecule has 0 radical (unpaired) electrons. The minimum atomic E-state index is -0.429. The quantitative estimate of drug-likeness (QED) is 0.638. The van der Waals surface area contributed by atoms with Gasteiger partial charge in [-0.15, -0.1) is 0 Å². The number of nitrogens with one attached hydrogen (secondary N) is 1. The lowest BCUT2D eigenvalue weighted by Crippen LogP contribution is -2.46. The zero-order chi connectivity index (χ0) is 17.1. The normalized spacial score (nSPS) is 20.9. The summed E-state index contributed by atoms with van der Waals surface area (Å²) >= 11 is 11.9. The molecule has 132 valence electrons. The predicted molar refractivity (Wildman–Crippen MR) is 95.2 cm³/mol. The summed E-state index contributed by atoms with van der Waals surface area (Å²) in [5.41, 5.74) is 0.412. The van der Waals surface area contributed by atoms with E-state index < -0.39 is 4.92 Å². The van der Waals surface area contributed by atoms with Gasteiger partial charge in [0.05, 0.1) is 15.0 Å². The Bertz CT molecular complexity index is 600. The zero-order valence-corrected chi connectivity index (χ0v) is 14.9. The van der Waals surface area contributed by atoms with Crippen LogP contribution in [-0.4, -0.2) is 48.2 Å². The molecule has 0 atom stereocenters. The van der Waals surface area contributed by atoms with E-state index in [1.165, 1.54) is 6.07 Å². The molecule has 0 bridgehead atoms. The second kappa shape index (κ2) is 7.87. The average Bonchev–Trinajstić information content (AvgIpc) is 2.59. The summed E-state index contributed by atoms with van der Waals surface area (Å²) in [4.78, 5) is 13.3. The fourth-order valence-corrected chi connectivity index (χ4v) is 3.80. The Kier molecular flexibility index (Phi) is 5.81. The van der Waals surface area contributed by atoms with Crippen LogP contribution in [0.5, 0.6) is 0 Å². The minimum Gasteiger partial charge on any atom is -0.381 e. The number of nitro benzene ring substituents is 1. The topological polar surface area (TPSA) is 67.6 Å². The molecule has 0 unspecified atom stereocenters. The van der Waals surface area contributed by atoms with E-state index >= 15 is 0 Å². The first-order valence-electron chi connectivity index (χ1n) is 8.26. The van der Waals surface area contributed by atoms with Crippen molar-refractivity contribution in [3.05, 3.63) is 32.3 Å². The number of ether oxygens (including phenoxy) is 1. The number of anilines is 1. The molecule has 2 heterocycles. The number of nitrogens with zero attached hydrogens (tertiary/aromatic N) is 2. The van der Waals surface area contributed by atoms with Crippen molar-refractivity contribution >= 4 is 34.6 Å². The molecule has 2 aliphatic rings. The average molecular weight is 374 g/mol. The van der Waals surface area contributed by atoms with Crippen LogP contribution in [0.25, 0.3) is 0 Å². The van der Waals surface area contributed by atoms with E-state index in [4.69, 9.17) is 27.9 Å². The molecule has 2 saturated heterocycles. The van der Waals surface area contributed by atoms with Crippen molar-refractivity contribution in [2.45, 2.75) is 37.8 Å². The van der Waals surface area contributed by atoms with Gasteiger partial charge in [0, 0.05) is 44.5 Å². The maximum absolute atomic E-state index is 11.2. The van der Waals surface area contributed by atoms with Crippen molar-refractivity contribution in [1.29, 1.82) is 0 Å². The molecule has 6 nitrogen and oxygen atoms in total.